The second-order valence-electron chi connectivity index (χ2n) is 1.33. The maximum absolute atomic E-state index is 5.27. The standard InChI is InChI=1S/C4H7N3/c5-7-3-1-2-6-4-7/h1-3H,4-5H2. The van der Waals surface area contributed by atoms with E-state index in [1.807, 2.05) is 0 Å². The van der Waals surface area contributed by atoms with Crippen molar-refractivity contribution in [1.29, 1.82) is 0 Å². The van der Waals surface area contributed by atoms with Crippen LogP contribution in [0.25, 0.3) is 0 Å². The molecule has 0 saturated heterocycles. The third kappa shape index (κ3) is 1.01. The summed E-state index contributed by atoms with van der Waals surface area (Å²) >= 11 is 0. The third-order valence-electron chi connectivity index (χ3n) is 0.714. The molecule has 7 heavy (non-hydrogen) atoms. The van der Waals surface area contributed by atoms with Gasteiger partial charge in [0.05, 0.1) is 0 Å². The van der Waals surface area contributed by atoms with Gasteiger partial charge < -0.3 is 0 Å². The summed E-state index contributed by atoms with van der Waals surface area (Å²) in [5.74, 6) is 5.27. The van der Waals surface area contributed by atoms with Gasteiger partial charge >= 0.3 is 0 Å². The van der Waals surface area contributed by atoms with E-state index in [1.54, 1.807) is 18.5 Å². The average Bonchev–Trinajstić information content (AvgIpc) is 1.69. The Morgan fingerprint density at radius 1 is 1.71 bits per heavy atom. The molecule has 0 fully saturated rings. The average molecular weight is 97.1 g/mol. The predicted molar refractivity (Wildman–Crippen MR) is 28.5 cm³/mol. The van der Waals surface area contributed by atoms with Crippen molar-refractivity contribution in [2.24, 2.45) is 10.8 Å². The molecule has 0 unspecified atom stereocenters. The molecule has 0 aromatic heterocycles. The molecule has 1 aliphatic rings. The van der Waals surface area contributed by atoms with Gasteiger partial charge in [0.2, 0.25) is 0 Å². The zero-order chi connectivity index (χ0) is 5.11. The summed E-state index contributed by atoms with van der Waals surface area (Å²) < 4.78 is 0. The van der Waals surface area contributed by atoms with Crippen molar-refractivity contribution in [2.45, 2.75) is 0 Å². The maximum Gasteiger partial charge on any atom is 0.123 e. The fraction of sp³-hybridized carbons (Fsp3) is 0.250. The Morgan fingerprint density at radius 3 is 2.86 bits per heavy atom. The zero-order valence-electron chi connectivity index (χ0n) is 3.91. The molecule has 0 radical (unpaired) electrons. The first-order valence-electron chi connectivity index (χ1n) is 2.07. The van der Waals surface area contributed by atoms with Crippen LogP contribution < -0.4 is 5.84 Å². The van der Waals surface area contributed by atoms with Crippen molar-refractivity contribution in [3.05, 3.63) is 12.3 Å². The first-order valence-corrected chi connectivity index (χ1v) is 2.07. The molecule has 0 spiro atoms. The van der Waals surface area contributed by atoms with E-state index < -0.39 is 0 Å². The molecule has 38 valence electrons. The van der Waals surface area contributed by atoms with E-state index in [0.29, 0.717) is 6.67 Å². The molecule has 1 aliphatic heterocycles. The molecular formula is C4H7N3. The lowest BCUT2D eigenvalue weighted by atomic mass is 10.6. The molecule has 3 heteroatoms. The Balaban J connectivity index is 2.49. The van der Waals surface area contributed by atoms with E-state index in [4.69, 9.17) is 5.84 Å². The van der Waals surface area contributed by atoms with Crippen LogP contribution in [0.3, 0.4) is 0 Å². The lowest BCUT2D eigenvalue weighted by Gasteiger charge is -2.10. The lowest BCUT2D eigenvalue weighted by Crippen LogP contribution is -2.26. The van der Waals surface area contributed by atoms with Gasteiger partial charge in [0.15, 0.2) is 0 Å². The monoisotopic (exact) mass is 97.1 g/mol. The number of hydrogen-bond acceptors (Lipinski definition) is 3. The van der Waals surface area contributed by atoms with E-state index in [1.165, 1.54) is 5.01 Å². The minimum atomic E-state index is 0.580. The Hall–Kier alpha value is -0.830. The van der Waals surface area contributed by atoms with Crippen molar-refractivity contribution in [1.82, 2.24) is 5.01 Å². The van der Waals surface area contributed by atoms with Crippen LogP contribution in [-0.4, -0.2) is 17.9 Å². The number of nitrogens with two attached hydrogens (primary N) is 1. The summed E-state index contributed by atoms with van der Waals surface area (Å²) in [4.78, 5) is 3.85. The highest BCUT2D eigenvalue weighted by atomic mass is 15.4. The molecule has 0 aromatic carbocycles. The minimum absolute atomic E-state index is 0.580. The van der Waals surface area contributed by atoms with Crippen LogP contribution in [0.5, 0.6) is 0 Å². The Morgan fingerprint density at radius 2 is 2.57 bits per heavy atom. The second-order valence-corrected chi connectivity index (χ2v) is 1.33. The van der Waals surface area contributed by atoms with Crippen molar-refractivity contribution < 1.29 is 0 Å². The topological polar surface area (TPSA) is 41.6 Å². The van der Waals surface area contributed by atoms with Gasteiger partial charge in [-0.1, -0.05) is 0 Å². The smallest absolute Gasteiger partial charge is 0.123 e. The van der Waals surface area contributed by atoms with E-state index >= 15 is 0 Å². The Kier molecular flexibility index (Phi) is 1.08. The summed E-state index contributed by atoms with van der Waals surface area (Å²) in [6, 6.07) is 0. The highest BCUT2D eigenvalue weighted by Gasteiger charge is 1.87. The molecule has 0 bridgehead atoms. The molecule has 1 rings (SSSR count). The summed E-state index contributed by atoms with van der Waals surface area (Å²) in [6.45, 7) is 0.580. The van der Waals surface area contributed by atoms with Gasteiger partial charge in [-0.3, -0.25) is 10.0 Å². The van der Waals surface area contributed by atoms with Crippen molar-refractivity contribution in [3.63, 3.8) is 0 Å². The molecule has 3 nitrogen and oxygen atoms in total. The minimum Gasteiger partial charge on any atom is -0.297 e. The second kappa shape index (κ2) is 1.75. The summed E-state index contributed by atoms with van der Waals surface area (Å²) in [6.07, 6.45) is 5.29. The molecule has 2 N–H and O–H groups in total. The quantitative estimate of drug-likeness (QED) is 0.422. The highest BCUT2D eigenvalue weighted by molar-refractivity contribution is 5.71. The van der Waals surface area contributed by atoms with Crippen molar-refractivity contribution in [2.75, 3.05) is 6.67 Å². The first-order chi connectivity index (χ1) is 3.39. The number of nitrogens with zero attached hydrogens (tertiary/aromatic N) is 2. The predicted octanol–water partition coefficient (Wildman–Crippen LogP) is -0.282. The van der Waals surface area contributed by atoms with Gasteiger partial charge in [0.25, 0.3) is 0 Å². The van der Waals surface area contributed by atoms with Crippen LogP contribution in [-0.2, 0) is 0 Å². The molecule has 1 heterocycles. The molecular weight excluding hydrogens is 90.1 g/mol. The first kappa shape index (κ1) is 4.33. The van der Waals surface area contributed by atoms with Crippen LogP contribution >= 0.6 is 0 Å². The molecule has 0 amide bonds. The van der Waals surface area contributed by atoms with Gasteiger partial charge in [-0.15, -0.1) is 0 Å². The van der Waals surface area contributed by atoms with E-state index in [-0.39, 0.29) is 0 Å². The lowest BCUT2D eigenvalue weighted by molar-refractivity contribution is 0.405. The number of hydrazine groups is 1. The molecule has 0 aliphatic carbocycles. The Labute approximate surface area is 42.1 Å². The van der Waals surface area contributed by atoms with Crippen LogP contribution in [0.4, 0.5) is 0 Å². The maximum atomic E-state index is 5.27. The fourth-order valence-corrected chi connectivity index (χ4v) is 0.398. The summed E-state index contributed by atoms with van der Waals surface area (Å²) in [5, 5.41) is 1.51. The van der Waals surface area contributed by atoms with Crippen LogP contribution in [0.2, 0.25) is 0 Å². The van der Waals surface area contributed by atoms with Gasteiger partial charge in [-0.05, 0) is 6.08 Å². The largest absolute Gasteiger partial charge is 0.297 e. The van der Waals surface area contributed by atoms with Crippen molar-refractivity contribution in [3.8, 4) is 0 Å². The van der Waals surface area contributed by atoms with Crippen LogP contribution in [0.15, 0.2) is 17.3 Å². The van der Waals surface area contributed by atoms with E-state index in [0.717, 1.165) is 0 Å². The fourth-order valence-electron chi connectivity index (χ4n) is 0.398. The van der Waals surface area contributed by atoms with Crippen LogP contribution in [0.1, 0.15) is 0 Å². The molecule has 0 aromatic rings. The Bertz CT molecular complexity index is 106. The summed E-state index contributed by atoms with van der Waals surface area (Å²) in [7, 11) is 0. The van der Waals surface area contributed by atoms with Gasteiger partial charge in [0.1, 0.15) is 6.67 Å². The normalized spacial score (nSPS) is 18.1. The van der Waals surface area contributed by atoms with Gasteiger partial charge in [0, 0.05) is 12.4 Å². The van der Waals surface area contributed by atoms with Crippen molar-refractivity contribution >= 4 is 6.21 Å². The number of rotatable bonds is 0. The zero-order valence-corrected chi connectivity index (χ0v) is 3.91. The third-order valence-corrected chi connectivity index (χ3v) is 0.714. The van der Waals surface area contributed by atoms with Crippen LogP contribution in [0, 0.1) is 0 Å². The van der Waals surface area contributed by atoms with Gasteiger partial charge in [-0.2, -0.15) is 0 Å². The summed E-state index contributed by atoms with van der Waals surface area (Å²) in [5.41, 5.74) is 0. The van der Waals surface area contributed by atoms with Gasteiger partial charge in [-0.25, -0.2) is 5.84 Å². The molecule has 0 saturated carbocycles. The number of aliphatic imine (C=N–C) groups is 1. The number of hydrogen-bond donors (Lipinski definition) is 1. The van der Waals surface area contributed by atoms with E-state index in [9.17, 15) is 0 Å². The van der Waals surface area contributed by atoms with E-state index in [2.05, 4.69) is 4.99 Å². The highest BCUT2D eigenvalue weighted by Crippen LogP contribution is 1.84. The number of allylic oxidation sites excluding steroid dienone is 1. The SMILES string of the molecule is NN1C=CC=NC1. The molecule has 0 atom stereocenters.